The second-order valence-electron chi connectivity index (χ2n) is 7.26. The Labute approximate surface area is 149 Å². The molecule has 3 rings (SSSR count). The maximum absolute atomic E-state index is 12.3. The Kier molecular flexibility index (Phi) is 5.11. The second-order valence-corrected chi connectivity index (χ2v) is 7.26. The molecule has 0 radical (unpaired) electrons. The average molecular weight is 341 g/mol. The van der Waals surface area contributed by atoms with Crippen molar-refractivity contribution >= 4 is 11.7 Å². The molecule has 1 unspecified atom stereocenters. The number of nitrogens with zero attached hydrogens (tertiary/aromatic N) is 2. The van der Waals surface area contributed by atoms with E-state index in [9.17, 15) is 4.79 Å². The summed E-state index contributed by atoms with van der Waals surface area (Å²) < 4.78 is 7.66. The molecule has 1 saturated carbocycles. The summed E-state index contributed by atoms with van der Waals surface area (Å²) >= 11 is 0. The second kappa shape index (κ2) is 7.30. The molecular weight excluding hydrogens is 314 g/mol. The predicted molar refractivity (Wildman–Crippen MR) is 99.1 cm³/mol. The van der Waals surface area contributed by atoms with Crippen molar-refractivity contribution in [2.24, 2.45) is 5.92 Å². The normalized spacial score (nSPS) is 15.2. The van der Waals surface area contributed by atoms with Gasteiger partial charge in [-0.3, -0.25) is 4.79 Å². The van der Waals surface area contributed by atoms with Gasteiger partial charge in [-0.05, 0) is 55.7 Å². The molecule has 1 heterocycles. The van der Waals surface area contributed by atoms with Crippen molar-refractivity contribution in [1.82, 2.24) is 9.78 Å². The standard InChI is InChI=1S/C20H27N3O2/c1-13(2)17-6-5-14(3)18(11-17)25-12-20(24)22-19-9-10-21-23(19)15(4)16-7-8-16/h5-6,9-11,13,15-16H,7-8,12H2,1-4H3,(H,22,24). The lowest BCUT2D eigenvalue weighted by atomic mass is 10.0. The third-order valence-electron chi connectivity index (χ3n) is 4.87. The van der Waals surface area contributed by atoms with E-state index in [0.29, 0.717) is 17.9 Å². The third-order valence-corrected chi connectivity index (χ3v) is 4.87. The molecular formula is C20H27N3O2. The summed E-state index contributed by atoms with van der Waals surface area (Å²) in [6.45, 7) is 8.42. The van der Waals surface area contributed by atoms with Crippen LogP contribution in [-0.2, 0) is 4.79 Å². The van der Waals surface area contributed by atoms with Crippen molar-refractivity contribution in [3.63, 3.8) is 0 Å². The SMILES string of the molecule is Cc1ccc(C(C)C)cc1OCC(=O)Nc1ccnn1C(C)C1CC1. The molecule has 1 amide bonds. The van der Waals surface area contributed by atoms with Crippen molar-refractivity contribution in [3.8, 4) is 5.75 Å². The number of ether oxygens (including phenoxy) is 1. The Morgan fingerprint density at radius 1 is 1.32 bits per heavy atom. The Morgan fingerprint density at radius 2 is 2.08 bits per heavy atom. The van der Waals surface area contributed by atoms with E-state index in [4.69, 9.17) is 4.74 Å². The van der Waals surface area contributed by atoms with Gasteiger partial charge in [-0.1, -0.05) is 26.0 Å². The van der Waals surface area contributed by atoms with E-state index >= 15 is 0 Å². The topological polar surface area (TPSA) is 56.1 Å². The zero-order valence-electron chi connectivity index (χ0n) is 15.5. The number of aryl methyl sites for hydroxylation is 1. The van der Waals surface area contributed by atoms with Crippen molar-refractivity contribution in [3.05, 3.63) is 41.6 Å². The molecule has 1 aromatic heterocycles. The molecule has 1 atom stereocenters. The summed E-state index contributed by atoms with van der Waals surface area (Å²) in [5.74, 6) is 2.43. The first-order chi connectivity index (χ1) is 12.0. The van der Waals surface area contributed by atoms with E-state index in [1.807, 2.05) is 29.8 Å². The number of hydrogen-bond acceptors (Lipinski definition) is 3. The molecule has 25 heavy (non-hydrogen) atoms. The first-order valence-electron chi connectivity index (χ1n) is 9.02. The van der Waals surface area contributed by atoms with Crippen LogP contribution in [0, 0.1) is 12.8 Å². The smallest absolute Gasteiger partial charge is 0.263 e. The van der Waals surface area contributed by atoms with Crippen LogP contribution >= 0.6 is 0 Å². The van der Waals surface area contributed by atoms with Gasteiger partial charge in [-0.2, -0.15) is 5.10 Å². The van der Waals surface area contributed by atoms with E-state index < -0.39 is 0 Å². The minimum Gasteiger partial charge on any atom is -0.483 e. The highest BCUT2D eigenvalue weighted by atomic mass is 16.5. The number of carbonyl (C=O) groups is 1. The molecule has 1 aliphatic rings. The zero-order valence-corrected chi connectivity index (χ0v) is 15.5. The maximum atomic E-state index is 12.3. The van der Waals surface area contributed by atoms with E-state index in [1.54, 1.807) is 6.20 Å². The maximum Gasteiger partial charge on any atom is 0.263 e. The van der Waals surface area contributed by atoms with Gasteiger partial charge in [0.15, 0.2) is 6.61 Å². The van der Waals surface area contributed by atoms with Crippen LogP contribution in [0.15, 0.2) is 30.5 Å². The number of nitrogens with one attached hydrogen (secondary N) is 1. The van der Waals surface area contributed by atoms with E-state index in [-0.39, 0.29) is 12.5 Å². The summed E-state index contributed by atoms with van der Waals surface area (Å²) in [7, 11) is 0. The van der Waals surface area contributed by atoms with Gasteiger partial charge in [-0.15, -0.1) is 0 Å². The predicted octanol–water partition coefficient (Wildman–Crippen LogP) is 4.30. The number of carbonyl (C=O) groups excluding carboxylic acids is 1. The average Bonchev–Trinajstić information content (AvgIpc) is 3.33. The number of anilines is 1. The van der Waals surface area contributed by atoms with Crippen LogP contribution in [0.2, 0.25) is 0 Å². The molecule has 1 N–H and O–H groups in total. The molecule has 0 saturated heterocycles. The highest BCUT2D eigenvalue weighted by Crippen LogP contribution is 2.40. The summed E-state index contributed by atoms with van der Waals surface area (Å²) in [5.41, 5.74) is 2.24. The van der Waals surface area contributed by atoms with E-state index in [1.165, 1.54) is 18.4 Å². The quantitative estimate of drug-likeness (QED) is 0.817. The van der Waals surface area contributed by atoms with Crippen LogP contribution in [0.5, 0.6) is 5.75 Å². The van der Waals surface area contributed by atoms with Crippen LogP contribution in [0.1, 0.15) is 56.7 Å². The van der Waals surface area contributed by atoms with Gasteiger partial charge in [0, 0.05) is 6.07 Å². The molecule has 1 aromatic carbocycles. The fourth-order valence-corrected chi connectivity index (χ4v) is 2.97. The van der Waals surface area contributed by atoms with Crippen molar-refractivity contribution in [2.45, 2.75) is 52.5 Å². The molecule has 1 fully saturated rings. The summed E-state index contributed by atoms with van der Waals surface area (Å²) in [6, 6.07) is 8.31. The van der Waals surface area contributed by atoms with Gasteiger partial charge in [0.2, 0.25) is 0 Å². The Hall–Kier alpha value is -2.30. The Balaban J connectivity index is 1.60. The van der Waals surface area contributed by atoms with Crippen molar-refractivity contribution in [1.29, 1.82) is 0 Å². The van der Waals surface area contributed by atoms with Gasteiger partial charge in [0.1, 0.15) is 11.6 Å². The minimum absolute atomic E-state index is 0.00855. The van der Waals surface area contributed by atoms with Crippen LogP contribution in [-0.4, -0.2) is 22.3 Å². The van der Waals surface area contributed by atoms with E-state index in [0.717, 1.165) is 17.1 Å². The fourth-order valence-electron chi connectivity index (χ4n) is 2.97. The molecule has 0 spiro atoms. The van der Waals surface area contributed by atoms with Gasteiger partial charge in [0.05, 0.1) is 12.2 Å². The lowest BCUT2D eigenvalue weighted by Gasteiger charge is -2.16. The number of benzene rings is 1. The lowest BCUT2D eigenvalue weighted by molar-refractivity contribution is -0.118. The van der Waals surface area contributed by atoms with Crippen LogP contribution in [0.25, 0.3) is 0 Å². The molecule has 0 aliphatic heterocycles. The highest BCUT2D eigenvalue weighted by molar-refractivity contribution is 5.91. The lowest BCUT2D eigenvalue weighted by Crippen LogP contribution is -2.23. The zero-order chi connectivity index (χ0) is 18.0. The van der Waals surface area contributed by atoms with Crippen molar-refractivity contribution in [2.75, 3.05) is 11.9 Å². The molecule has 5 nitrogen and oxygen atoms in total. The summed E-state index contributed by atoms with van der Waals surface area (Å²) in [6.07, 6.45) is 4.21. The van der Waals surface area contributed by atoms with Gasteiger partial charge >= 0.3 is 0 Å². The number of amides is 1. The first-order valence-corrected chi connectivity index (χ1v) is 9.02. The molecule has 0 bridgehead atoms. The van der Waals surface area contributed by atoms with Crippen LogP contribution in [0.3, 0.4) is 0 Å². The van der Waals surface area contributed by atoms with Gasteiger partial charge in [0.25, 0.3) is 5.91 Å². The Bertz CT molecular complexity index is 747. The number of rotatable bonds is 7. The number of aromatic nitrogens is 2. The summed E-state index contributed by atoms with van der Waals surface area (Å²) in [4.78, 5) is 12.3. The molecule has 5 heteroatoms. The largest absolute Gasteiger partial charge is 0.483 e. The van der Waals surface area contributed by atoms with Gasteiger partial charge in [-0.25, -0.2) is 4.68 Å². The van der Waals surface area contributed by atoms with Gasteiger partial charge < -0.3 is 10.1 Å². The molecule has 1 aliphatic carbocycles. The third kappa shape index (κ3) is 4.21. The Morgan fingerprint density at radius 3 is 2.76 bits per heavy atom. The molecule has 2 aromatic rings. The molecule has 134 valence electrons. The van der Waals surface area contributed by atoms with Crippen LogP contribution in [0.4, 0.5) is 5.82 Å². The minimum atomic E-state index is -0.168. The first kappa shape index (κ1) is 17.5. The number of hydrogen-bond donors (Lipinski definition) is 1. The van der Waals surface area contributed by atoms with Crippen LogP contribution < -0.4 is 10.1 Å². The summed E-state index contributed by atoms with van der Waals surface area (Å²) in [5, 5.41) is 7.27. The highest BCUT2D eigenvalue weighted by Gasteiger charge is 2.30. The van der Waals surface area contributed by atoms with E-state index in [2.05, 4.69) is 37.3 Å². The van der Waals surface area contributed by atoms with Crippen molar-refractivity contribution < 1.29 is 9.53 Å². The fraction of sp³-hybridized carbons (Fsp3) is 0.500. The monoisotopic (exact) mass is 341 g/mol.